The van der Waals surface area contributed by atoms with Crippen LogP contribution >= 0.6 is 11.6 Å². The van der Waals surface area contributed by atoms with Gasteiger partial charge in [0, 0.05) is 0 Å². The molecule has 1 aliphatic heterocycles. The summed E-state index contributed by atoms with van der Waals surface area (Å²) >= 11 is 5.59. The van der Waals surface area contributed by atoms with Gasteiger partial charge in [-0.05, 0) is 0 Å². The van der Waals surface area contributed by atoms with Crippen molar-refractivity contribution in [2.24, 2.45) is 0 Å². The van der Waals surface area contributed by atoms with E-state index >= 15 is 0 Å². The van der Waals surface area contributed by atoms with Crippen LogP contribution in [0.1, 0.15) is 0 Å². The van der Waals surface area contributed by atoms with E-state index in [4.69, 9.17) is 31.7 Å². The number of alkyl halides is 1. The quantitative estimate of drug-likeness (QED) is 0.367. The van der Waals surface area contributed by atoms with Gasteiger partial charge in [0.1, 0.15) is 18.3 Å². The Morgan fingerprint density at radius 2 is 1.75 bits per heavy atom. The second-order valence-electron chi connectivity index (χ2n) is 2.67. The Kier molecular flexibility index (Phi) is 3.28. The van der Waals surface area contributed by atoms with Gasteiger partial charge in [0.15, 0.2) is 6.29 Å². The molecule has 0 saturated carbocycles. The first-order chi connectivity index (χ1) is 5.57. The van der Waals surface area contributed by atoms with Gasteiger partial charge >= 0.3 is 0 Å². The van der Waals surface area contributed by atoms with E-state index in [9.17, 15) is 5.11 Å². The molecule has 0 bridgehead atoms. The van der Waals surface area contributed by atoms with E-state index in [-0.39, 0.29) is 0 Å². The van der Waals surface area contributed by atoms with Gasteiger partial charge in [0.2, 0.25) is 0 Å². The van der Waals surface area contributed by atoms with Crippen LogP contribution in [0.4, 0.5) is 0 Å². The van der Waals surface area contributed by atoms with Crippen LogP contribution in [-0.4, -0.2) is 57.0 Å². The molecule has 6 heteroatoms. The molecule has 0 aromatic carbocycles. The molecule has 1 saturated heterocycles. The largest absolute Gasteiger partial charge is 0.394 e. The molecular formula is C6H11ClO5. The van der Waals surface area contributed by atoms with Crippen LogP contribution in [0.2, 0.25) is 0 Å². The Hall–Kier alpha value is 0.0900. The minimum atomic E-state index is -1.49. The minimum Gasteiger partial charge on any atom is -0.394 e. The van der Waals surface area contributed by atoms with Gasteiger partial charge in [-0.1, -0.05) is 0 Å². The number of aliphatic hydroxyl groups is 4. The molecule has 0 aromatic heterocycles. The van der Waals surface area contributed by atoms with Crippen molar-refractivity contribution in [3.63, 3.8) is 0 Å². The molecule has 0 aromatic rings. The van der Waals surface area contributed by atoms with E-state index in [0.29, 0.717) is 0 Å². The highest BCUT2D eigenvalue weighted by Gasteiger charge is 2.42. The normalized spacial score (nSPS) is 49.2. The molecule has 1 rings (SSSR count). The van der Waals surface area contributed by atoms with Crippen LogP contribution in [-0.2, 0) is 4.74 Å². The molecule has 1 aliphatic rings. The SMILES string of the molecule is OCC1OC(O)C(O)C(O)C1Cl. The summed E-state index contributed by atoms with van der Waals surface area (Å²) in [5.74, 6) is 0. The van der Waals surface area contributed by atoms with Gasteiger partial charge in [-0.25, -0.2) is 0 Å². The zero-order chi connectivity index (χ0) is 9.30. The van der Waals surface area contributed by atoms with Gasteiger partial charge in [-0.15, -0.1) is 11.6 Å². The first-order valence-corrected chi connectivity index (χ1v) is 3.96. The number of hydrogen-bond donors (Lipinski definition) is 4. The Labute approximate surface area is 74.2 Å². The third-order valence-electron chi connectivity index (χ3n) is 1.82. The molecule has 72 valence electrons. The van der Waals surface area contributed by atoms with Crippen LogP contribution in [0.25, 0.3) is 0 Å². The third kappa shape index (κ3) is 1.71. The lowest BCUT2D eigenvalue weighted by Gasteiger charge is -2.37. The summed E-state index contributed by atoms with van der Waals surface area (Å²) in [6.07, 6.45) is -5.05. The average molecular weight is 199 g/mol. The number of ether oxygens (including phenoxy) is 1. The summed E-state index contributed by atoms with van der Waals surface area (Å²) in [6, 6.07) is 0. The summed E-state index contributed by atoms with van der Waals surface area (Å²) in [5.41, 5.74) is 0. The fourth-order valence-electron chi connectivity index (χ4n) is 1.06. The van der Waals surface area contributed by atoms with Gasteiger partial charge < -0.3 is 25.2 Å². The molecule has 12 heavy (non-hydrogen) atoms. The molecule has 4 N–H and O–H groups in total. The Morgan fingerprint density at radius 1 is 1.17 bits per heavy atom. The standard InChI is InChI=1S/C6H11ClO5/c7-3-2(1-8)12-6(11)5(10)4(3)9/h2-6,8-11H,1H2. The predicted octanol–water partition coefficient (Wildman–Crippen LogP) is -1.97. The highest BCUT2D eigenvalue weighted by atomic mass is 35.5. The fourth-order valence-corrected chi connectivity index (χ4v) is 1.34. The molecule has 0 amide bonds. The van der Waals surface area contributed by atoms with Crippen LogP contribution in [0.3, 0.4) is 0 Å². The monoisotopic (exact) mass is 198 g/mol. The Balaban J connectivity index is 2.63. The summed E-state index contributed by atoms with van der Waals surface area (Å²) in [4.78, 5) is 0. The van der Waals surface area contributed by atoms with Crippen LogP contribution in [0.5, 0.6) is 0 Å². The van der Waals surface area contributed by atoms with Crippen molar-refractivity contribution in [3.05, 3.63) is 0 Å². The van der Waals surface area contributed by atoms with Gasteiger partial charge in [0.05, 0.1) is 12.0 Å². The van der Waals surface area contributed by atoms with E-state index in [2.05, 4.69) is 0 Å². The number of rotatable bonds is 1. The van der Waals surface area contributed by atoms with Gasteiger partial charge in [-0.3, -0.25) is 0 Å². The van der Waals surface area contributed by atoms with Crippen molar-refractivity contribution in [1.82, 2.24) is 0 Å². The molecule has 0 aliphatic carbocycles. The van der Waals surface area contributed by atoms with Crippen molar-refractivity contribution in [2.75, 3.05) is 6.61 Å². The molecule has 5 unspecified atom stereocenters. The zero-order valence-electron chi connectivity index (χ0n) is 6.17. The molecule has 1 fully saturated rings. The van der Waals surface area contributed by atoms with Crippen LogP contribution in [0, 0.1) is 0 Å². The fraction of sp³-hybridized carbons (Fsp3) is 1.00. The summed E-state index contributed by atoms with van der Waals surface area (Å²) in [7, 11) is 0. The highest BCUT2D eigenvalue weighted by molar-refractivity contribution is 6.21. The summed E-state index contributed by atoms with van der Waals surface area (Å²) < 4.78 is 4.69. The van der Waals surface area contributed by atoms with Gasteiger partial charge in [-0.2, -0.15) is 0 Å². The maximum absolute atomic E-state index is 9.19. The maximum atomic E-state index is 9.19. The lowest BCUT2D eigenvalue weighted by molar-refractivity contribution is -0.249. The van der Waals surface area contributed by atoms with E-state index in [1.54, 1.807) is 0 Å². The molecule has 0 spiro atoms. The zero-order valence-corrected chi connectivity index (χ0v) is 6.92. The van der Waals surface area contributed by atoms with E-state index < -0.39 is 36.6 Å². The smallest absolute Gasteiger partial charge is 0.183 e. The van der Waals surface area contributed by atoms with E-state index in [1.807, 2.05) is 0 Å². The van der Waals surface area contributed by atoms with Crippen molar-refractivity contribution >= 4 is 11.6 Å². The molecule has 5 atom stereocenters. The minimum absolute atomic E-state index is 0.408. The van der Waals surface area contributed by atoms with Gasteiger partial charge in [0.25, 0.3) is 0 Å². The number of aliphatic hydroxyl groups excluding tert-OH is 4. The summed E-state index contributed by atoms with van der Waals surface area (Å²) in [5, 5.41) is 35.0. The molecule has 5 nitrogen and oxygen atoms in total. The van der Waals surface area contributed by atoms with Crippen LogP contribution < -0.4 is 0 Å². The summed E-state index contributed by atoms with van der Waals surface area (Å²) in [6.45, 7) is -0.408. The number of hydrogen-bond acceptors (Lipinski definition) is 5. The second-order valence-corrected chi connectivity index (χ2v) is 3.18. The van der Waals surface area contributed by atoms with Crippen molar-refractivity contribution in [2.45, 2.75) is 30.0 Å². The van der Waals surface area contributed by atoms with Crippen LogP contribution in [0.15, 0.2) is 0 Å². The average Bonchev–Trinajstić information content (AvgIpc) is 2.08. The van der Waals surface area contributed by atoms with E-state index in [0.717, 1.165) is 0 Å². The Morgan fingerprint density at radius 3 is 2.25 bits per heavy atom. The molecule has 1 heterocycles. The topological polar surface area (TPSA) is 90.2 Å². The Bertz CT molecular complexity index is 150. The molecular weight excluding hydrogens is 188 g/mol. The highest BCUT2D eigenvalue weighted by Crippen LogP contribution is 2.23. The first-order valence-electron chi connectivity index (χ1n) is 3.52. The maximum Gasteiger partial charge on any atom is 0.183 e. The van der Waals surface area contributed by atoms with Crippen molar-refractivity contribution < 1.29 is 25.2 Å². The lowest BCUT2D eigenvalue weighted by atomic mass is 10.0. The predicted molar refractivity (Wildman–Crippen MR) is 39.6 cm³/mol. The third-order valence-corrected chi connectivity index (χ3v) is 2.36. The first kappa shape index (κ1) is 10.2. The van der Waals surface area contributed by atoms with Crippen molar-refractivity contribution in [3.8, 4) is 0 Å². The molecule has 0 radical (unpaired) electrons. The second kappa shape index (κ2) is 3.87. The lowest BCUT2D eigenvalue weighted by Crippen LogP contribution is -2.56. The number of halogens is 1. The van der Waals surface area contributed by atoms with E-state index in [1.165, 1.54) is 0 Å². The van der Waals surface area contributed by atoms with Crippen molar-refractivity contribution in [1.29, 1.82) is 0 Å².